The molecule has 0 unspecified atom stereocenters. The number of ether oxygens (including phenoxy) is 2. The number of carboxylic acid groups (broad SMARTS) is 1. The lowest BCUT2D eigenvalue weighted by Gasteiger charge is -2.23. The molecule has 0 spiro atoms. The van der Waals surface area contributed by atoms with Gasteiger partial charge in [0, 0.05) is 24.2 Å². The zero-order valence-electron chi connectivity index (χ0n) is 17.7. The summed E-state index contributed by atoms with van der Waals surface area (Å²) < 4.78 is 12.5. The Bertz CT molecular complexity index is 1160. The molecule has 2 aromatic carbocycles. The van der Waals surface area contributed by atoms with Gasteiger partial charge in [-0.05, 0) is 65.1 Å². The molecule has 0 fully saturated rings. The van der Waals surface area contributed by atoms with E-state index in [1.807, 2.05) is 66.9 Å². The number of aromatic amines is 1. The second-order valence-electron chi connectivity index (χ2n) is 7.44. The Labute approximate surface area is 190 Å². The van der Waals surface area contributed by atoms with Crippen molar-refractivity contribution in [2.45, 2.75) is 32.5 Å². The number of nitrogens with one attached hydrogen (secondary N) is 1. The Balaban J connectivity index is 1.66. The average Bonchev–Trinajstić information content (AvgIpc) is 3.50. The van der Waals surface area contributed by atoms with Crippen LogP contribution in [0, 0.1) is 6.92 Å². The molecule has 2 heterocycles. The third kappa shape index (κ3) is 5.36. The predicted molar refractivity (Wildman–Crippen MR) is 124 cm³/mol. The normalized spacial score (nSPS) is 11.8. The van der Waals surface area contributed by atoms with Gasteiger partial charge in [0.1, 0.15) is 24.2 Å². The molecular weight excluding hydrogens is 424 g/mol. The summed E-state index contributed by atoms with van der Waals surface area (Å²) in [7, 11) is 0. The van der Waals surface area contributed by atoms with Crippen LogP contribution in [0.15, 0.2) is 71.6 Å². The first-order chi connectivity index (χ1) is 15.6. The highest BCUT2D eigenvalue weighted by atomic mass is 32.1. The molecule has 0 saturated heterocycles. The van der Waals surface area contributed by atoms with Gasteiger partial charge in [-0.1, -0.05) is 24.3 Å². The van der Waals surface area contributed by atoms with Gasteiger partial charge >= 0.3 is 5.97 Å². The van der Waals surface area contributed by atoms with Crippen molar-refractivity contribution in [3.05, 3.63) is 88.2 Å². The van der Waals surface area contributed by atoms with Gasteiger partial charge < -0.3 is 14.6 Å². The summed E-state index contributed by atoms with van der Waals surface area (Å²) in [6.45, 7) is 2.47. The van der Waals surface area contributed by atoms with Crippen LogP contribution < -0.4 is 9.47 Å². The minimum Gasteiger partial charge on any atom is -0.489 e. The zero-order valence-corrected chi connectivity index (χ0v) is 18.5. The largest absolute Gasteiger partial charge is 0.489 e. The lowest BCUT2D eigenvalue weighted by Crippen LogP contribution is -2.12. The Morgan fingerprint density at radius 3 is 2.78 bits per heavy atom. The van der Waals surface area contributed by atoms with Crippen molar-refractivity contribution in [3.8, 4) is 22.8 Å². The molecule has 2 N–H and O–H groups in total. The van der Waals surface area contributed by atoms with Gasteiger partial charge in [0.05, 0.1) is 5.69 Å². The molecule has 0 aliphatic heterocycles. The molecule has 0 radical (unpaired) electrons. The number of aliphatic carboxylic acids is 1. The van der Waals surface area contributed by atoms with E-state index in [1.165, 1.54) is 0 Å². The Hall–Kier alpha value is -3.58. The number of H-pyrrole nitrogens is 1. The van der Waals surface area contributed by atoms with Crippen LogP contribution in [0.3, 0.4) is 0 Å². The van der Waals surface area contributed by atoms with E-state index in [0.717, 1.165) is 27.9 Å². The number of hydrogen-bond acceptors (Lipinski definition) is 5. The van der Waals surface area contributed by atoms with Crippen molar-refractivity contribution in [1.82, 2.24) is 10.2 Å². The van der Waals surface area contributed by atoms with E-state index in [2.05, 4.69) is 15.6 Å². The van der Waals surface area contributed by atoms with Gasteiger partial charge in [-0.2, -0.15) is 16.4 Å². The number of aryl methyl sites for hydroxylation is 1. The first-order valence-electron chi connectivity index (χ1n) is 10.3. The fourth-order valence-electron chi connectivity index (χ4n) is 3.49. The molecule has 0 bridgehead atoms. The van der Waals surface area contributed by atoms with Crippen molar-refractivity contribution >= 4 is 17.3 Å². The number of aromatic nitrogens is 2. The molecule has 0 saturated carbocycles. The van der Waals surface area contributed by atoms with Crippen molar-refractivity contribution in [1.29, 1.82) is 0 Å². The maximum absolute atomic E-state index is 11.3. The second kappa shape index (κ2) is 10.2. The van der Waals surface area contributed by atoms with Gasteiger partial charge in [0.25, 0.3) is 0 Å². The fraction of sp³-hybridized carbons (Fsp3) is 0.200. The first-order valence-corrected chi connectivity index (χ1v) is 11.3. The molecule has 7 heteroatoms. The van der Waals surface area contributed by atoms with Crippen LogP contribution in [0.5, 0.6) is 11.5 Å². The van der Waals surface area contributed by atoms with E-state index >= 15 is 0 Å². The fourth-order valence-corrected chi connectivity index (χ4v) is 4.15. The average molecular weight is 449 g/mol. The van der Waals surface area contributed by atoms with Crippen LogP contribution in [-0.4, -0.2) is 21.3 Å². The summed E-state index contributed by atoms with van der Waals surface area (Å²) in [5.41, 5.74) is 4.77. The lowest BCUT2D eigenvalue weighted by atomic mass is 9.99. The summed E-state index contributed by atoms with van der Waals surface area (Å²) in [6, 6.07) is 17.5. The molecule has 0 amide bonds. The summed E-state index contributed by atoms with van der Waals surface area (Å²) in [4.78, 5) is 11.3. The van der Waals surface area contributed by atoms with Crippen LogP contribution >= 0.6 is 11.3 Å². The molecule has 4 aromatic rings. The molecule has 1 atom stereocenters. The summed E-state index contributed by atoms with van der Waals surface area (Å²) >= 11 is 1.63. The Morgan fingerprint density at radius 1 is 1.19 bits per heavy atom. The van der Waals surface area contributed by atoms with Crippen molar-refractivity contribution < 1.29 is 19.4 Å². The zero-order chi connectivity index (χ0) is 22.3. The second-order valence-corrected chi connectivity index (χ2v) is 8.22. The number of benzene rings is 2. The molecular formula is C25H24N2O4S. The predicted octanol–water partition coefficient (Wildman–Crippen LogP) is 6.01. The first kappa shape index (κ1) is 21.6. The number of hydrogen-bond donors (Lipinski definition) is 2. The highest BCUT2D eigenvalue weighted by molar-refractivity contribution is 7.07. The van der Waals surface area contributed by atoms with Crippen molar-refractivity contribution in [2.24, 2.45) is 0 Å². The van der Waals surface area contributed by atoms with E-state index in [-0.39, 0.29) is 6.42 Å². The molecule has 0 aliphatic carbocycles. The highest BCUT2D eigenvalue weighted by Crippen LogP contribution is 2.37. The van der Waals surface area contributed by atoms with Crippen molar-refractivity contribution in [3.63, 3.8) is 0 Å². The summed E-state index contributed by atoms with van der Waals surface area (Å²) in [5, 5.41) is 20.4. The van der Waals surface area contributed by atoms with E-state index in [4.69, 9.17) is 9.47 Å². The van der Waals surface area contributed by atoms with Gasteiger partial charge in [-0.3, -0.25) is 9.89 Å². The minimum atomic E-state index is -0.853. The third-order valence-electron chi connectivity index (χ3n) is 5.15. The van der Waals surface area contributed by atoms with Gasteiger partial charge in [-0.15, -0.1) is 0 Å². The van der Waals surface area contributed by atoms with Gasteiger partial charge in [-0.25, -0.2) is 0 Å². The number of nitrogens with zero attached hydrogens (tertiary/aromatic N) is 1. The molecule has 4 rings (SSSR count). The maximum Gasteiger partial charge on any atom is 0.303 e. The van der Waals surface area contributed by atoms with E-state index in [1.54, 1.807) is 17.5 Å². The maximum atomic E-state index is 11.3. The molecule has 0 aliphatic rings. The van der Waals surface area contributed by atoms with Crippen molar-refractivity contribution in [2.75, 3.05) is 0 Å². The monoisotopic (exact) mass is 448 g/mol. The number of carbonyl (C=O) groups is 1. The molecule has 164 valence electrons. The van der Waals surface area contributed by atoms with Crippen LogP contribution in [0.2, 0.25) is 0 Å². The third-order valence-corrected chi connectivity index (χ3v) is 5.89. The molecule has 6 nitrogen and oxygen atoms in total. The van der Waals surface area contributed by atoms with Crippen LogP contribution in [0.1, 0.15) is 35.6 Å². The Kier molecular flexibility index (Phi) is 6.87. The number of rotatable bonds is 10. The van der Waals surface area contributed by atoms with E-state index in [0.29, 0.717) is 24.5 Å². The van der Waals surface area contributed by atoms with Gasteiger partial charge in [0.15, 0.2) is 0 Å². The number of carboxylic acids is 1. The van der Waals surface area contributed by atoms with Crippen LogP contribution in [-0.2, 0) is 11.4 Å². The topological polar surface area (TPSA) is 84.4 Å². The van der Waals surface area contributed by atoms with Crippen LogP contribution in [0.25, 0.3) is 11.3 Å². The van der Waals surface area contributed by atoms with E-state index < -0.39 is 12.1 Å². The SMILES string of the molecule is Cc1ccccc1[C@H](CCC(=O)O)Oc1cc(OCc2ccsc2)ccc1-c1ccn[nH]1. The quantitative estimate of drug-likeness (QED) is 0.310. The lowest BCUT2D eigenvalue weighted by molar-refractivity contribution is -0.137. The minimum absolute atomic E-state index is 0.00669. The summed E-state index contributed by atoms with van der Waals surface area (Å²) in [5.74, 6) is 0.431. The Morgan fingerprint density at radius 2 is 2.06 bits per heavy atom. The van der Waals surface area contributed by atoms with Gasteiger partial charge in [0.2, 0.25) is 0 Å². The molecule has 32 heavy (non-hydrogen) atoms. The molecule has 2 aromatic heterocycles. The summed E-state index contributed by atoms with van der Waals surface area (Å²) in [6.07, 6.45) is 1.62. The standard InChI is InChI=1S/C25H24N2O4S/c1-17-4-2-3-5-20(17)23(8-9-25(28)29)31-24-14-19(30-15-18-11-13-32-16-18)6-7-21(24)22-10-12-26-27-22/h2-7,10-14,16,23H,8-9,15H2,1H3,(H,26,27)(H,28,29)/t23-/m0/s1. The van der Waals surface area contributed by atoms with E-state index in [9.17, 15) is 9.90 Å². The van der Waals surface area contributed by atoms with Crippen LogP contribution in [0.4, 0.5) is 0 Å². The smallest absolute Gasteiger partial charge is 0.303 e. The highest BCUT2D eigenvalue weighted by Gasteiger charge is 2.20. The number of thiophene rings is 1.